The fourth-order valence-electron chi connectivity index (χ4n) is 0.375. The average Bonchev–Trinajstić information content (AvgIpc) is 1.64. The van der Waals surface area contributed by atoms with E-state index in [4.69, 9.17) is 5.73 Å². The molecule has 64 valence electrons. The van der Waals surface area contributed by atoms with Crippen molar-refractivity contribution in [3.63, 3.8) is 0 Å². The summed E-state index contributed by atoms with van der Waals surface area (Å²) < 4.78 is 31.9. The second-order valence-electron chi connectivity index (χ2n) is 1.86. The van der Waals surface area contributed by atoms with Gasteiger partial charge >= 0.3 is 10.2 Å². The summed E-state index contributed by atoms with van der Waals surface area (Å²) in [4.78, 5) is 0. The van der Waals surface area contributed by atoms with Crippen molar-refractivity contribution in [2.45, 2.75) is 18.6 Å². The highest BCUT2D eigenvalue weighted by atomic mass is 35.5. The highest BCUT2D eigenvalue weighted by molar-refractivity contribution is 7.86. The second kappa shape index (κ2) is 4.87. The minimum absolute atomic E-state index is 0. The van der Waals surface area contributed by atoms with Gasteiger partial charge in [0.1, 0.15) is 0 Å². The fraction of sp³-hybridized carbons (Fsp3) is 1.00. The Morgan fingerprint density at radius 1 is 1.60 bits per heavy atom. The first-order chi connectivity index (χ1) is 3.98. The van der Waals surface area contributed by atoms with Gasteiger partial charge in [-0.2, -0.15) is 8.42 Å². The Bertz CT molecular complexity index is 170. The summed E-state index contributed by atoms with van der Waals surface area (Å²) in [5.41, 5.74) is 5.00. The molecule has 0 aromatic heterocycles. The van der Waals surface area contributed by atoms with Gasteiger partial charge in [-0.3, -0.25) is 0 Å². The van der Waals surface area contributed by atoms with E-state index < -0.39 is 15.5 Å². The molecule has 1 atom stereocenters. The molecule has 0 aliphatic heterocycles. The van der Waals surface area contributed by atoms with Crippen LogP contribution in [-0.2, 0) is 10.2 Å². The number of hydrogen-bond donors (Lipinski definition) is 1. The first-order valence-corrected chi connectivity index (χ1v) is 4.06. The highest BCUT2D eigenvalue weighted by Crippen LogP contribution is 2.05. The van der Waals surface area contributed by atoms with Crippen molar-refractivity contribution in [1.29, 1.82) is 0 Å². The lowest BCUT2D eigenvalue weighted by molar-refractivity contribution is 0.533. The Hall–Kier alpha value is 0.130. The Kier molecular flexibility index (Phi) is 6.22. The summed E-state index contributed by atoms with van der Waals surface area (Å²) in [5.74, 6) is 0. The third-order valence-corrected chi connectivity index (χ3v) is 2.25. The SMILES string of the molecule is CC(CCN)S(=O)(=O)F.Cl. The first-order valence-electron chi connectivity index (χ1n) is 2.62. The van der Waals surface area contributed by atoms with Crippen LogP contribution < -0.4 is 5.73 Å². The van der Waals surface area contributed by atoms with Crippen LogP contribution in [0.3, 0.4) is 0 Å². The van der Waals surface area contributed by atoms with Crippen LogP contribution in [0.1, 0.15) is 13.3 Å². The summed E-state index contributed by atoms with van der Waals surface area (Å²) in [6.45, 7) is 1.49. The fourth-order valence-corrected chi connectivity index (χ4v) is 0.793. The van der Waals surface area contributed by atoms with Crippen molar-refractivity contribution in [2.75, 3.05) is 6.54 Å². The Morgan fingerprint density at radius 2 is 2.00 bits per heavy atom. The summed E-state index contributed by atoms with van der Waals surface area (Å²) >= 11 is 0. The number of halogens is 2. The molecule has 0 fully saturated rings. The quantitative estimate of drug-likeness (QED) is 0.659. The largest absolute Gasteiger partial charge is 0.330 e. The Balaban J connectivity index is 0. The van der Waals surface area contributed by atoms with Crippen molar-refractivity contribution in [2.24, 2.45) is 5.73 Å². The molecule has 0 aliphatic rings. The highest BCUT2D eigenvalue weighted by Gasteiger charge is 2.17. The zero-order valence-corrected chi connectivity index (χ0v) is 7.21. The molecule has 0 amide bonds. The standard InChI is InChI=1S/C4H10FNO2S.ClH/c1-4(2-3-6)9(5,7)8;/h4H,2-3,6H2,1H3;1H. The molecular formula is C4H11ClFNO2S. The average molecular weight is 192 g/mol. The lowest BCUT2D eigenvalue weighted by atomic mass is 10.3. The third-order valence-electron chi connectivity index (χ3n) is 1.05. The minimum atomic E-state index is -4.34. The maximum absolute atomic E-state index is 11.9. The van der Waals surface area contributed by atoms with Gasteiger partial charge in [-0.15, -0.1) is 16.3 Å². The van der Waals surface area contributed by atoms with Gasteiger partial charge < -0.3 is 5.73 Å². The zero-order valence-electron chi connectivity index (χ0n) is 5.58. The van der Waals surface area contributed by atoms with Crippen molar-refractivity contribution in [3.8, 4) is 0 Å². The van der Waals surface area contributed by atoms with Gasteiger partial charge in [0.15, 0.2) is 0 Å². The van der Waals surface area contributed by atoms with Crippen molar-refractivity contribution < 1.29 is 12.3 Å². The lowest BCUT2D eigenvalue weighted by Gasteiger charge is -2.01. The lowest BCUT2D eigenvalue weighted by Crippen LogP contribution is -2.17. The monoisotopic (exact) mass is 191 g/mol. The van der Waals surface area contributed by atoms with Crippen molar-refractivity contribution >= 4 is 22.6 Å². The Labute approximate surface area is 66.4 Å². The normalized spacial score (nSPS) is 13.9. The maximum atomic E-state index is 11.9. The third kappa shape index (κ3) is 4.96. The maximum Gasteiger partial charge on any atom is 0.305 e. The van der Waals surface area contributed by atoms with E-state index in [1.807, 2.05) is 0 Å². The van der Waals surface area contributed by atoms with Crippen LogP contribution in [0.5, 0.6) is 0 Å². The van der Waals surface area contributed by atoms with Gasteiger partial charge in [-0.25, -0.2) is 0 Å². The van der Waals surface area contributed by atoms with E-state index in [9.17, 15) is 12.3 Å². The van der Waals surface area contributed by atoms with E-state index in [-0.39, 0.29) is 25.4 Å². The minimum Gasteiger partial charge on any atom is -0.330 e. The van der Waals surface area contributed by atoms with Gasteiger partial charge in [-0.05, 0) is 19.9 Å². The van der Waals surface area contributed by atoms with Crippen LogP contribution in [0.15, 0.2) is 0 Å². The van der Waals surface area contributed by atoms with E-state index >= 15 is 0 Å². The van der Waals surface area contributed by atoms with Gasteiger partial charge in [0.05, 0.1) is 5.25 Å². The molecule has 1 unspecified atom stereocenters. The molecule has 0 bridgehead atoms. The van der Waals surface area contributed by atoms with Crippen molar-refractivity contribution in [3.05, 3.63) is 0 Å². The van der Waals surface area contributed by atoms with Crippen molar-refractivity contribution in [1.82, 2.24) is 0 Å². The Morgan fingerprint density at radius 3 is 2.10 bits per heavy atom. The van der Waals surface area contributed by atoms with Crippen LogP contribution in [0, 0.1) is 0 Å². The van der Waals surface area contributed by atoms with E-state index in [1.54, 1.807) is 0 Å². The second-order valence-corrected chi connectivity index (χ2v) is 3.62. The van der Waals surface area contributed by atoms with E-state index in [0.29, 0.717) is 0 Å². The topological polar surface area (TPSA) is 60.2 Å². The van der Waals surface area contributed by atoms with Crippen LogP contribution in [0.2, 0.25) is 0 Å². The molecule has 0 rings (SSSR count). The molecule has 0 saturated heterocycles. The van der Waals surface area contributed by atoms with Crippen LogP contribution in [0.25, 0.3) is 0 Å². The van der Waals surface area contributed by atoms with Gasteiger partial charge in [0, 0.05) is 0 Å². The summed E-state index contributed by atoms with van der Waals surface area (Å²) in [5, 5.41) is -0.956. The predicted molar refractivity (Wildman–Crippen MR) is 40.4 cm³/mol. The molecule has 0 radical (unpaired) electrons. The molecular weight excluding hydrogens is 181 g/mol. The molecule has 0 aromatic rings. The molecule has 0 aliphatic carbocycles. The molecule has 2 N–H and O–H groups in total. The molecule has 0 heterocycles. The van der Waals surface area contributed by atoms with E-state index in [0.717, 1.165) is 0 Å². The first kappa shape index (κ1) is 12.8. The number of rotatable bonds is 3. The predicted octanol–water partition coefficient (Wildman–Crippen LogP) is 0.445. The van der Waals surface area contributed by atoms with E-state index in [2.05, 4.69) is 0 Å². The van der Waals surface area contributed by atoms with Gasteiger partial charge in [0.2, 0.25) is 0 Å². The molecule has 6 heteroatoms. The molecule has 0 spiro atoms. The van der Waals surface area contributed by atoms with Crippen LogP contribution in [-0.4, -0.2) is 20.2 Å². The smallest absolute Gasteiger partial charge is 0.305 e. The molecule has 10 heavy (non-hydrogen) atoms. The number of hydrogen-bond acceptors (Lipinski definition) is 3. The molecule has 0 aromatic carbocycles. The summed E-state index contributed by atoms with van der Waals surface area (Å²) in [6, 6.07) is 0. The molecule has 0 saturated carbocycles. The van der Waals surface area contributed by atoms with Gasteiger partial charge in [0.25, 0.3) is 0 Å². The van der Waals surface area contributed by atoms with E-state index in [1.165, 1.54) is 6.92 Å². The summed E-state index contributed by atoms with van der Waals surface area (Å²) in [6.07, 6.45) is 0.179. The molecule has 3 nitrogen and oxygen atoms in total. The van der Waals surface area contributed by atoms with Crippen LogP contribution >= 0.6 is 12.4 Å². The van der Waals surface area contributed by atoms with Crippen LogP contribution in [0.4, 0.5) is 3.89 Å². The zero-order chi connectivity index (χ0) is 7.49. The number of nitrogens with two attached hydrogens (primary N) is 1. The summed E-state index contributed by atoms with van der Waals surface area (Å²) in [7, 11) is -4.34. The van der Waals surface area contributed by atoms with Gasteiger partial charge in [-0.1, -0.05) is 0 Å².